The molecule has 0 aliphatic carbocycles. The van der Waals surface area contributed by atoms with Gasteiger partial charge in [0, 0.05) is 6.07 Å². The van der Waals surface area contributed by atoms with Crippen LogP contribution in [0.25, 0.3) is 0 Å². The average molecular weight is 340 g/mol. The molecule has 1 heterocycles. The second-order valence-electron chi connectivity index (χ2n) is 3.72. The summed E-state index contributed by atoms with van der Waals surface area (Å²) in [6.07, 6.45) is 1.15. The van der Waals surface area contributed by atoms with Crippen LogP contribution in [0.5, 0.6) is 0 Å². The summed E-state index contributed by atoms with van der Waals surface area (Å²) in [6.45, 7) is 0. The molecule has 0 saturated carbocycles. The van der Waals surface area contributed by atoms with Crippen LogP contribution in [-0.4, -0.2) is 15.8 Å². The zero-order valence-corrected chi connectivity index (χ0v) is 11.4. The van der Waals surface area contributed by atoms with Crippen LogP contribution >= 0.6 is 15.9 Å². The standard InChI is InChI=1S/C12H7BrFN3O3/c13-11-8(2-1-3-9(11)17(19)20)12(18)16-7-4-5-10(14)15-6-7/h1-6H,(H,16,18). The number of halogens is 2. The highest BCUT2D eigenvalue weighted by atomic mass is 79.9. The zero-order chi connectivity index (χ0) is 14.7. The quantitative estimate of drug-likeness (QED) is 0.528. The molecule has 1 N–H and O–H groups in total. The summed E-state index contributed by atoms with van der Waals surface area (Å²) >= 11 is 3.03. The van der Waals surface area contributed by atoms with Crippen molar-refractivity contribution in [3.8, 4) is 0 Å². The van der Waals surface area contributed by atoms with E-state index in [-0.39, 0.29) is 21.4 Å². The van der Waals surface area contributed by atoms with Crippen LogP contribution in [0.2, 0.25) is 0 Å². The maximum atomic E-state index is 12.6. The van der Waals surface area contributed by atoms with Crippen molar-refractivity contribution in [2.75, 3.05) is 5.32 Å². The minimum absolute atomic E-state index is 0.0811. The van der Waals surface area contributed by atoms with Crippen LogP contribution in [0.4, 0.5) is 15.8 Å². The molecule has 2 rings (SSSR count). The van der Waals surface area contributed by atoms with Gasteiger partial charge in [-0.05, 0) is 34.1 Å². The lowest BCUT2D eigenvalue weighted by atomic mass is 10.2. The van der Waals surface area contributed by atoms with Crippen LogP contribution in [0.1, 0.15) is 10.4 Å². The van der Waals surface area contributed by atoms with Gasteiger partial charge in [-0.1, -0.05) is 6.07 Å². The first-order valence-electron chi connectivity index (χ1n) is 5.35. The number of pyridine rings is 1. The Kier molecular flexibility index (Phi) is 4.04. The monoisotopic (exact) mass is 339 g/mol. The molecule has 0 unspecified atom stereocenters. The Morgan fingerprint density at radius 1 is 1.35 bits per heavy atom. The summed E-state index contributed by atoms with van der Waals surface area (Å²) < 4.78 is 12.7. The zero-order valence-electron chi connectivity index (χ0n) is 9.84. The highest BCUT2D eigenvalue weighted by Crippen LogP contribution is 2.28. The summed E-state index contributed by atoms with van der Waals surface area (Å²) in [5.74, 6) is -1.23. The number of nitrogens with zero attached hydrogens (tertiary/aromatic N) is 2. The molecule has 0 saturated heterocycles. The maximum absolute atomic E-state index is 12.6. The minimum atomic E-state index is -0.667. The number of rotatable bonds is 3. The summed E-state index contributed by atoms with van der Waals surface area (Å²) in [5, 5.41) is 13.3. The highest BCUT2D eigenvalue weighted by Gasteiger charge is 2.19. The number of nitrogens with one attached hydrogen (secondary N) is 1. The van der Waals surface area contributed by atoms with Crippen molar-refractivity contribution in [3.05, 3.63) is 62.6 Å². The van der Waals surface area contributed by atoms with Crippen molar-refractivity contribution < 1.29 is 14.1 Å². The van der Waals surface area contributed by atoms with E-state index in [2.05, 4.69) is 26.2 Å². The number of nitro benzene ring substituents is 1. The van der Waals surface area contributed by atoms with Crippen molar-refractivity contribution in [1.29, 1.82) is 0 Å². The fraction of sp³-hybridized carbons (Fsp3) is 0. The molecule has 0 aliphatic heterocycles. The SMILES string of the molecule is O=C(Nc1ccc(F)nc1)c1cccc([N+](=O)[O-])c1Br. The lowest BCUT2D eigenvalue weighted by molar-refractivity contribution is -0.385. The topological polar surface area (TPSA) is 85.1 Å². The predicted molar refractivity (Wildman–Crippen MR) is 72.9 cm³/mol. The Balaban J connectivity index is 2.28. The Hall–Kier alpha value is -2.35. The number of anilines is 1. The van der Waals surface area contributed by atoms with E-state index in [4.69, 9.17) is 0 Å². The molecule has 102 valence electrons. The second-order valence-corrected chi connectivity index (χ2v) is 4.51. The summed E-state index contributed by atoms with van der Waals surface area (Å²) in [4.78, 5) is 25.6. The first-order valence-corrected chi connectivity index (χ1v) is 6.14. The van der Waals surface area contributed by atoms with E-state index in [9.17, 15) is 19.3 Å². The van der Waals surface area contributed by atoms with Crippen molar-refractivity contribution in [1.82, 2.24) is 4.98 Å². The number of hydrogen-bond donors (Lipinski definition) is 1. The number of nitro groups is 1. The van der Waals surface area contributed by atoms with Gasteiger partial charge >= 0.3 is 0 Å². The van der Waals surface area contributed by atoms with Crippen LogP contribution < -0.4 is 5.32 Å². The fourth-order valence-electron chi connectivity index (χ4n) is 1.48. The third kappa shape index (κ3) is 2.97. The van der Waals surface area contributed by atoms with Gasteiger partial charge in [-0.3, -0.25) is 14.9 Å². The molecule has 0 radical (unpaired) electrons. The van der Waals surface area contributed by atoms with Gasteiger partial charge in [0.25, 0.3) is 11.6 Å². The molecule has 20 heavy (non-hydrogen) atoms. The molecule has 0 aliphatic rings. The Morgan fingerprint density at radius 2 is 2.10 bits per heavy atom. The number of benzene rings is 1. The molecule has 0 fully saturated rings. The van der Waals surface area contributed by atoms with E-state index in [1.807, 2.05) is 0 Å². The number of carbonyl (C=O) groups excluding carboxylic acids is 1. The van der Waals surface area contributed by atoms with Crippen molar-refractivity contribution in [2.45, 2.75) is 0 Å². The fourth-order valence-corrected chi connectivity index (χ4v) is 2.07. The van der Waals surface area contributed by atoms with Crippen molar-refractivity contribution >= 4 is 33.2 Å². The molecule has 0 bridgehead atoms. The van der Waals surface area contributed by atoms with E-state index in [1.54, 1.807) is 0 Å². The molecule has 1 aromatic carbocycles. The maximum Gasteiger partial charge on any atom is 0.284 e. The third-order valence-electron chi connectivity index (χ3n) is 2.40. The molecule has 2 aromatic rings. The molecular formula is C12H7BrFN3O3. The van der Waals surface area contributed by atoms with Gasteiger partial charge in [-0.25, -0.2) is 4.98 Å². The van der Waals surface area contributed by atoms with Gasteiger partial charge in [0.15, 0.2) is 0 Å². The first kappa shape index (κ1) is 14.1. The van der Waals surface area contributed by atoms with Gasteiger partial charge in [0.1, 0.15) is 4.47 Å². The number of hydrogen-bond acceptors (Lipinski definition) is 4. The van der Waals surface area contributed by atoms with E-state index in [1.165, 1.54) is 24.3 Å². The lowest BCUT2D eigenvalue weighted by Gasteiger charge is -2.06. The molecule has 1 aromatic heterocycles. The second kappa shape index (κ2) is 5.74. The van der Waals surface area contributed by atoms with Crippen molar-refractivity contribution in [2.24, 2.45) is 0 Å². The van der Waals surface area contributed by atoms with E-state index in [0.717, 1.165) is 12.3 Å². The number of amides is 1. The van der Waals surface area contributed by atoms with Gasteiger partial charge < -0.3 is 5.32 Å². The first-order chi connectivity index (χ1) is 9.49. The summed E-state index contributed by atoms with van der Waals surface area (Å²) in [6, 6.07) is 6.55. The van der Waals surface area contributed by atoms with Crippen LogP contribution in [0, 0.1) is 16.1 Å². The molecular weight excluding hydrogens is 333 g/mol. The Bertz CT molecular complexity index is 676. The molecule has 1 amide bonds. The highest BCUT2D eigenvalue weighted by molar-refractivity contribution is 9.10. The van der Waals surface area contributed by atoms with Crippen LogP contribution in [0.15, 0.2) is 41.0 Å². The molecule has 0 spiro atoms. The lowest BCUT2D eigenvalue weighted by Crippen LogP contribution is -2.13. The smallest absolute Gasteiger partial charge is 0.284 e. The van der Waals surface area contributed by atoms with E-state index >= 15 is 0 Å². The van der Waals surface area contributed by atoms with Gasteiger partial charge in [0.2, 0.25) is 5.95 Å². The predicted octanol–water partition coefficient (Wildman–Crippen LogP) is 3.14. The van der Waals surface area contributed by atoms with Gasteiger partial charge in [-0.2, -0.15) is 4.39 Å². The van der Waals surface area contributed by atoms with Crippen LogP contribution in [-0.2, 0) is 0 Å². The number of aromatic nitrogens is 1. The van der Waals surface area contributed by atoms with Crippen molar-refractivity contribution in [3.63, 3.8) is 0 Å². The normalized spacial score (nSPS) is 10.1. The molecule has 8 heteroatoms. The third-order valence-corrected chi connectivity index (χ3v) is 3.24. The van der Waals surface area contributed by atoms with E-state index < -0.39 is 16.8 Å². The molecule has 6 nitrogen and oxygen atoms in total. The summed E-state index contributed by atoms with van der Waals surface area (Å²) in [7, 11) is 0. The largest absolute Gasteiger partial charge is 0.321 e. The van der Waals surface area contributed by atoms with Gasteiger partial charge in [0.05, 0.1) is 22.4 Å². The van der Waals surface area contributed by atoms with Gasteiger partial charge in [-0.15, -0.1) is 0 Å². The van der Waals surface area contributed by atoms with E-state index in [0.29, 0.717) is 0 Å². The Morgan fingerprint density at radius 3 is 2.70 bits per heavy atom. The average Bonchev–Trinajstić information content (AvgIpc) is 2.41. The summed E-state index contributed by atoms with van der Waals surface area (Å²) in [5.41, 5.74) is 0.174. The number of carbonyl (C=O) groups is 1. The minimum Gasteiger partial charge on any atom is -0.321 e. The Labute approximate surface area is 120 Å². The van der Waals surface area contributed by atoms with Crippen LogP contribution in [0.3, 0.4) is 0 Å². The molecule has 0 atom stereocenters.